The molecule has 2 rings (SSSR count). The Bertz CT molecular complexity index is 191. The molecule has 2 nitrogen and oxygen atoms in total. The van der Waals surface area contributed by atoms with Gasteiger partial charge in [0.25, 0.3) is 0 Å². The lowest BCUT2D eigenvalue weighted by Crippen LogP contribution is -2.44. The van der Waals surface area contributed by atoms with Crippen molar-refractivity contribution in [3.05, 3.63) is 0 Å². The minimum Gasteiger partial charge on any atom is -0.383 e. The van der Waals surface area contributed by atoms with E-state index in [9.17, 15) is 0 Å². The molecule has 15 heavy (non-hydrogen) atoms. The molecule has 0 saturated heterocycles. The van der Waals surface area contributed by atoms with Gasteiger partial charge in [0.1, 0.15) is 0 Å². The van der Waals surface area contributed by atoms with E-state index >= 15 is 0 Å². The fourth-order valence-corrected chi connectivity index (χ4v) is 3.02. The van der Waals surface area contributed by atoms with Crippen molar-refractivity contribution in [1.82, 2.24) is 5.32 Å². The molecule has 0 heterocycles. The highest BCUT2D eigenvalue weighted by Crippen LogP contribution is 2.35. The largest absolute Gasteiger partial charge is 0.383 e. The van der Waals surface area contributed by atoms with Crippen LogP contribution in [0.2, 0.25) is 0 Å². The van der Waals surface area contributed by atoms with Gasteiger partial charge in [-0.05, 0) is 37.5 Å². The summed E-state index contributed by atoms with van der Waals surface area (Å²) in [6, 6.07) is 1.41. The molecule has 3 atom stereocenters. The third kappa shape index (κ3) is 2.94. The first-order chi connectivity index (χ1) is 7.35. The van der Waals surface area contributed by atoms with Crippen LogP contribution in [0, 0.1) is 11.8 Å². The average molecular weight is 211 g/mol. The lowest BCUT2D eigenvalue weighted by atomic mass is 9.99. The van der Waals surface area contributed by atoms with Crippen LogP contribution < -0.4 is 5.32 Å². The molecule has 0 radical (unpaired) electrons. The molecule has 88 valence electrons. The van der Waals surface area contributed by atoms with Gasteiger partial charge in [-0.25, -0.2) is 0 Å². The van der Waals surface area contributed by atoms with Crippen molar-refractivity contribution in [2.75, 3.05) is 13.7 Å². The minimum absolute atomic E-state index is 0.632. The first-order valence-electron chi connectivity index (χ1n) is 6.60. The van der Waals surface area contributed by atoms with E-state index in [-0.39, 0.29) is 0 Å². The first kappa shape index (κ1) is 11.4. The summed E-state index contributed by atoms with van der Waals surface area (Å²) < 4.78 is 5.32. The van der Waals surface area contributed by atoms with Crippen molar-refractivity contribution in [3.63, 3.8) is 0 Å². The van der Waals surface area contributed by atoms with Crippen LogP contribution in [0.25, 0.3) is 0 Å². The van der Waals surface area contributed by atoms with Crippen LogP contribution in [0.1, 0.15) is 45.4 Å². The molecule has 0 aromatic heterocycles. The molecule has 2 saturated carbocycles. The van der Waals surface area contributed by atoms with Crippen LogP contribution in [-0.2, 0) is 4.74 Å². The molecule has 2 heteroatoms. The highest BCUT2D eigenvalue weighted by molar-refractivity contribution is 4.91. The van der Waals surface area contributed by atoms with Crippen LogP contribution >= 0.6 is 0 Å². The Morgan fingerprint density at radius 3 is 2.67 bits per heavy atom. The van der Waals surface area contributed by atoms with Gasteiger partial charge in [0.2, 0.25) is 0 Å². The Morgan fingerprint density at radius 2 is 2.07 bits per heavy atom. The maximum atomic E-state index is 5.32. The first-order valence-corrected chi connectivity index (χ1v) is 6.60. The SMILES string of the molecule is CCC1CCCC1NC(COC)C1CC1. The zero-order valence-electron chi connectivity index (χ0n) is 10.2. The molecule has 2 aliphatic rings. The number of hydrogen-bond acceptors (Lipinski definition) is 2. The summed E-state index contributed by atoms with van der Waals surface area (Å²) in [5.41, 5.74) is 0. The zero-order valence-corrected chi connectivity index (χ0v) is 10.2. The third-order valence-electron chi connectivity index (χ3n) is 4.15. The van der Waals surface area contributed by atoms with Gasteiger partial charge in [-0.1, -0.05) is 19.8 Å². The van der Waals surface area contributed by atoms with Gasteiger partial charge >= 0.3 is 0 Å². The summed E-state index contributed by atoms with van der Waals surface area (Å²) >= 11 is 0. The quantitative estimate of drug-likeness (QED) is 0.729. The van der Waals surface area contributed by atoms with Crippen LogP contribution in [0.4, 0.5) is 0 Å². The Morgan fingerprint density at radius 1 is 1.27 bits per heavy atom. The van der Waals surface area contributed by atoms with Gasteiger partial charge in [-0.3, -0.25) is 0 Å². The normalized spacial score (nSPS) is 33.2. The summed E-state index contributed by atoms with van der Waals surface area (Å²) in [6.45, 7) is 3.23. The molecule has 2 fully saturated rings. The molecule has 0 aromatic carbocycles. The van der Waals surface area contributed by atoms with Crippen molar-refractivity contribution in [1.29, 1.82) is 0 Å². The Hall–Kier alpha value is -0.0800. The van der Waals surface area contributed by atoms with E-state index in [4.69, 9.17) is 4.74 Å². The van der Waals surface area contributed by atoms with Crippen LogP contribution in [-0.4, -0.2) is 25.8 Å². The van der Waals surface area contributed by atoms with Crippen molar-refractivity contribution < 1.29 is 4.74 Å². The van der Waals surface area contributed by atoms with Crippen molar-refractivity contribution >= 4 is 0 Å². The van der Waals surface area contributed by atoms with Crippen molar-refractivity contribution in [2.45, 2.75) is 57.5 Å². The van der Waals surface area contributed by atoms with E-state index in [1.54, 1.807) is 0 Å². The van der Waals surface area contributed by atoms with Crippen molar-refractivity contribution in [3.8, 4) is 0 Å². The fourth-order valence-electron chi connectivity index (χ4n) is 3.02. The maximum Gasteiger partial charge on any atom is 0.0618 e. The maximum absolute atomic E-state index is 5.32. The highest BCUT2D eigenvalue weighted by Gasteiger charge is 2.35. The molecule has 0 spiro atoms. The monoisotopic (exact) mass is 211 g/mol. The smallest absolute Gasteiger partial charge is 0.0618 e. The minimum atomic E-state index is 0.632. The molecule has 2 aliphatic carbocycles. The number of nitrogens with one attached hydrogen (secondary N) is 1. The third-order valence-corrected chi connectivity index (χ3v) is 4.15. The molecule has 0 amide bonds. The fraction of sp³-hybridized carbons (Fsp3) is 1.00. The molecular weight excluding hydrogens is 186 g/mol. The van der Waals surface area contributed by atoms with E-state index in [0.717, 1.165) is 24.5 Å². The van der Waals surface area contributed by atoms with Crippen LogP contribution in [0.3, 0.4) is 0 Å². The van der Waals surface area contributed by atoms with Gasteiger partial charge < -0.3 is 10.1 Å². The average Bonchev–Trinajstić information content (AvgIpc) is 2.99. The molecule has 0 aliphatic heterocycles. The Balaban J connectivity index is 1.81. The second kappa shape index (κ2) is 5.31. The van der Waals surface area contributed by atoms with Crippen LogP contribution in [0.5, 0.6) is 0 Å². The number of hydrogen-bond donors (Lipinski definition) is 1. The van der Waals surface area contributed by atoms with Gasteiger partial charge in [0, 0.05) is 19.2 Å². The predicted octanol–water partition coefficient (Wildman–Crippen LogP) is 2.58. The van der Waals surface area contributed by atoms with Gasteiger partial charge in [-0.15, -0.1) is 0 Å². The lowest BCUT2D eigenvalue weighted by Gasteiger charge is -2.26. The van der Waals surface area contributed by atoms with Crippen LogP contribution in [0.15, 0.2) is 0 Å². The molecule has 1 N–H and O–H groups in total. The summed E-state index contributed by atoms with van der Waals surface area (Å²) in [4.78, 5) is 0. The van der Waals surface area contributed by atoms with Gasteiger partial charge in [0.05, 0.1) is 6.61 Å². The van der Waals surface area contributed by atoms with Gasteiger partial charge in [0.15, 0.2) is 0 Å². The van der Waals surface area contributed by atoms with E-state index in [0.29, 0.717) is 6.04 Å². The summed E-state index contributed by atoms with van der Waals surface area (Å²) in [5.74, 6) is 1.83. The Kier molecular flexibility index (Phi) is 4.04. The second-order valence-corrected chi connectivity index (χ2v) is 5.27. The highest BCUT2D eigenvalue weighted by atomic mass is 16.5. The van der Waals surface area contributed by atoms with Gasteiger partial charge in [-0.2, -0.15) is 0 Å². The van der Waals surface area contributed by atoms with E-state index in [1.165, 1.54) is 38.5 Å². The van der Waals surface area contributed by atoms with E-state index in [2.05, 4.69) is 12.2 Å². The van der Waals surface area contributed by atoms with Crippen molar-refractivity contribution in [2.24, 2.45) is 11.8 Å². The Labute approximate surface area is 93.8 Å². The second-order valence-electron chi connectivity index (χ2n) is 5.27. The zero-order chi connectivity index (χ0) is 10.7. The molecule has 3 unspecified atom stereocenters. The lowest BCUT2D eigenvalue weighted by molar-refractivity contribution is 0.146. The number of rotatable bonds is 6. The molecule has 0 aromatic rings. The summed E-state index contributed by atoms with van der Waals surface area (Å²) in [6.07, 6.45) is 8.38. The molecular formula is C13H25NO. The number of ether oxygens (including phenoxy) is 1. The summed E-state index contributed by atoms with van der Waals surface area (Å²) in [7, 11) is 1.82. The number of methoxy groups -OCH3 is 1. The predicted molar refractivity (Wildman–Crippen MR) is 62.9 cm³/mol. The molecule has 0 bridgehead atoms. The van der Waals surface area contributed by atoms with E-state index < -0.39 is 0 Å². The summed E-state index contributed by atoms with van der Waals surface area (Å²) in [5, 5.41) is 3.85. The topological polar surface area (TPSA) is 21.3 Å². The van der Waals surface area contributed by atoms with E-state index in [1.807, 2.05) is 7.11 Å². The standard InChI is InChI=1S/C13H25NO/c1-3-10-5-4-6-12(10)14-13(9-15-2)11-7-8-11/h10-14H,3-9H2,1-2H3.